The van der Waals surface area contributed by atoms with Crippen molar-refractivity contribution in [2.75, 3.05) is 45.4 Å². The number of carbonyl (C=O) groups excluding carboxylic acids is 1. The van der Waals surface area contributed by atoms with Gasteiger partial charge in [0.1, 0.15) is 5.82 Å². The molecule has 1 amide bonds. The molecule has 2 N–H and O–H groups in total. The molecule has 100 valence electrons. The van der Waals surface area contributed by atoms with Gasteiger partial charge >= 0.3 is 0 Å². The zero-order valence-corrected chi connectivity index (χ0v) is 10.7. The summed E-state index contributed by atoms with van der Waals surface area (Å²) in [6, 6.07) is 3.45. The number of nitrogens with zero attached hydrogens (tertiary/aromatic N) is 2. The molecule has 0 aliphatic heterocycles. The second-order valence-corrected chi connectivity index (χ2v) is 3.86. The van der Waals surface area contributed by atoms with Gasteiger partial charge in [-0.05, 0) is 12.1 Å². The number of aromatic nitrogens is 1. The summed E-state index contributed by atoms with van der Waals surface area (Å²) >= 11 is 0. The van der Waals surface area contributed by atoms with Crippen LogP contribution in [0.2, 0.25) is 0 Å². The van der Waals surface area contributed by atoms with Crippen LogP contribution < -0.4 is 10.2 Å². The van der Waals surface area contributed by atoms with Gasteiger partial charge in [0, 0.05) is 26.8 Å². The number of hydrogen-bond donors (Lipinski definition) is 2. The van der Waals surface area contributed by atoms with E-state index in [1.54, 1.807) is 23.2 Å². The van der Waals surface area contributed by atoms with Gasteiger partial charge in [-0.15, -0.1) is 0 Å². The van der Waals surface area contributed by atoms with Crippen LogP contribution in [-0.2, 0) is 4.74 Å². The smallest absolute Gasteiger partial charge is 0.255 e. The number of amides is 1. The zero-order chi connectivity index (χ0) is 13.4. The standard InChI is InChI=1S/C12H19N3O3/c1-15(2)11-10(4-3-5-13-11)12(17)14-6-8-18-9-7-16/h3-5,16H,6-9H2,1-2H3,(H,14,17). The van der Waals surface area contributed by atoms with E-state index in [0.29, 0.717) is 24.5 Å². The summed E-state index contributed by atoms with van der Waals surface area (Å²) in [6.45, 7) is 1.05. The lowest BCUT2D eigenvalue weighted by Gasteiger charge is -2.15. The van der Waals surface area contributed by atoms with Crippen molar-refractivity contribution in [2.45, 2.75) is 0 Å². The number of ether oxygens (including phenoxy) is 1. The van der Waals surface area contributed by atoms with Crippen molar-refractivity contribution in [2.24, 2.45) is 0 Å². The lowest BCUT2D eigenvalue weighted by atomic mass is 10.2. The molecule has 1 rings (SSSR count). The number of rotatable bonds is 7. The summed E-state index contributed by atoms with van der Waals surface area (Å²) in [5.41, 5.74) is 0.532. The summed E-state index contributed by atoms with van der Waals surface area (Å²) < 4.78 is 5.06. The van der Waals surface area contributed by atoms with Gasteiger partial charge in [0.2, 0.25) is 0 Å². The van der Waals surface area contributed by atoms with Crippen molar-refractivity contribution < 1.29 is 14.6 Å². The molecule has 1 heterocycles. The number of anilines is 1. The molecular formula is C12H19N3O3. The maximum Gasteiger partial charge on any atom is 0.255 e. The zero-order valence-electron chi connectivity index (χ0n) is 10.7. The first kappa shape index (κ1) is 14.4. The molecule has 0 aliphatic carbocycles. The molecule has 6 heteroatoms. The third kappa shape index (κ3) is 4.31. The van der Waals surface area contributed by atoms with Crippen LogP contribution in [0.4, 0.5) is 5.82 Å². The Labute approximate surface area is 107 Å². The van der Waals surface area contributed by atoms with Crippen LogP contribution >= 0.6 is 0 Å². The van der Waals surface area contributed by atoms with Crippen LogP contribution in [0.3, 0.4) is 0 Å². The molecule has 1 aromatic rings. The highest BCUT2D eigenvalue weighted by Crippen LogP contribution is 2.13. The lowest BCUT2D eigenvalue weighted by molar-refractivity contribution is 0.0838. The van der Waals surface area contributed by atoms with Crippen molar-refractivity contribution in [1.29, 1.82) is 0 Å². The number of aliphatic hydroxyl groups excluding tert-OH is 1. The SMILES string of the molecule is CN(C)c1ncccc1C(=O)NCCOCCO. The maximum atomic E-state index is 11.9. The van der Waals surface area contributed by atoms with Crippen molar-refractivity contribution >= 4 is 11.7 Å². The van der Waals surface area contributed by atoms with Crippen molar-refractivity contribution in [3.05, 3.63) is 23.9 Å². The number of carbonyl (C=O) groups is 1. The Morgan fingerprint density at radius 2 is 2.28 bits per heavy atom. The number of pyridine rings is 1. The lowest BCUT2D eigenvalue weighted by Crippen LogP contribution is -2.29. The molecule has 1 aromatic heterocycles. The summed E-state index contributed by atoms with van der Waals surface area (Å²) in [6.07, 6.45) is 1.65. The van der Waals surface area contributed by atoms with Crippen molar-refractivity contribution in [3.63, 3.8) is 0 Å². The molecule has 0 spiro atoms. The first-order valence-electron chi connectivity index (χ1n) is 5.76. The van der Waals surface area contributed by atoms with E-state index in [-0.39, 0.29) is 19.1 Å². The fourth-order valence-corrected chi connectivity index (χ4v) is 1.43. The second-order valence-electron chi connectivity index (χ2n) is 3.86. The van der Waals surface area contributed by atoms with Crippen LogP contribution in [-0.4, -0.2) is 56.5 Å². The minimum Gasteiger partial charge on any atom is -0.394 e. The summed E-state index contributed by atoms with van der Waals surface area (Å²) in [5, 5.41) is 11.3. The maximum absolute atomic E-state index is 11.9. The Bertz CT molecular complexity index is 383. The number of nitrogens with one attached hydrogen (secondary N) is 1. The minimum absolute atomic E-state index is 0.0126. The highest BCUT2D eigenvalue weighted by molar-refractivity contribution is 5.98. The van der Waals surface area contributed by atoms with E-state index in [9.17, 15) is 4.79 Å². The van der Waals surface area contributed by atoms with Crippen LogP contribution in [0.15, 0.2) is 18.3 Å². The highest BCUT2D eigenvalue weighted by atomic mass is 16.5. The summed E-state index contributed by atoms with van der Waals surface area (Å²) in [7, 11) is 3.67. The minimum atomic E-state index is -0.181. The Morgan fingerprint density at radius 1 is 1.50 bits per heavy atom. The van der Waals surface area contributed by atoms with E-state index in [4.69, 9.17) is 9.84 Å². The molecule has 0 radical (unpaired) electrons. The van der Waals surface area contributed by atoms with E-state index < -0.39 is 0 Å². The summed E-state index contributed by atoms with van der Waals surface area (Å²) in [5.74, 6) is 0.450. The molecule has 0 aromatic carbocycles. The predicted octanol–water partition coefficient (Wildman–Crippen LogP) is -0.114. The van der Waals surface area contributed by atoms with Crippen LogP contribution in [0.25, 0.3) is 0 Å². The van der Waals surface area contributed by atoms with Crippen LogP contribution in [0.1, 0.15) is 10.4 Å². The van der Waals surface area contributed by atoms with E-state index in [2.05, 4.69) is 10.3 Å². The van der Waals surface area contributed by atoms with Crippen LogP contribution in [0.5, 0.6) is 0 Å². The van der Waals surface area contributed by atoms with Gasteiger partial charge in [0.05, 0.1) is 25.4 Å². The van der Waals surface area contributed by atoms with Gasteiger partial charge in [0.25, 0.3) is 5.91 Å². The van der Waals surface area contributed by atoms with E-state index in [0.717, 1.165) is 0 Å². The average molecular weight is 253 g/mol. The Balaban J connectivity index is 2.51. The average Bonchev–Trinajstić information content (AvgIpc) is 2.38. The molecule has 0 unspecified atom stereocenters. The molecule has 0 saturated carbocycles. The Kier molecular flexibility index (Phi) is 6.10. The third-order valence-corrected chi connectivity index (χ3v) is 2.22. The quantitative estimate of drug-likeness (QED) is 0.663. The fraction of sp³-hybridized carbons (Fsp3) is 0.500. The van der Waals surface area contributed by atoms with Crippen molar-refractivity contribution in [1.82, 2.24) is 10.3 Å². The molecule has 0 saturated heterocycles. The molecule has 6 nitrogen and oxygen atoms in total. The monoisotopic (exact) mass is 253 g/mol. The van der Waals surface area contributed by atoms with E-state index >= 15 is 0 Å². The van der Waals surface area contributed by atoms with Gasteiger partial charge in [-0.1, -0.05) is 0 Å². The first-order chi connectivity index (χ1) is 8.66. The molecule has 0 aliphatic rings. The topological polar surface area (TPSA) is 74.7 Å². The Hall–Kier alpha value is -1.66. The number of aliphatic hydroxyl groups is 1. The molecule has 0 atom stereocenters. The third-order valence-electron chi connectivity index (χ3n) is 2.22. The van der Waals surface area contributed by atoms with Gasteiger partial charge in [-0.25, -0.2) is 4.98 Å². The van der Waals surface area contributed by atoms with Gasteiger partial charge < -0.3 is 20.1 Å². The van der Waals surface area contributed by atoms with Crippen molar-refractivity contribution in [3.8, 4) is 0 Å². The van der Waals surface area contributed by atoms with Gasteiger partial charge in [0.15, 0.2) is 0 Å². The molecule has 0 fully saturated rings. The fourth-order valence-electron chi connectivity index (χ4n) is 1.43. The van der Waals surface area contributed by atoms with E-state index in [1.165, 1.54) is 0 Å². The van der Waals surface area contributed by atoms with Crippen LogP contribution in [0, 0.1) is 0 Å². The second kappa shape index (κ2) is 7.62. The predicted molar refractivity (Wildman–Crippen MR) is 68.8 cm³/mol. The Morgan fingerprint density at radius 3 is 2.94 bits per heavy atom. The molecular weight excluding hydrogens is 234 g/mol. The largest absolute Gasteiger partial charge is 0.394 e. The van der Waals surface area contributed by atoms with Gasteiger partial charge in [-0.2, -0.15) is 0 Å². The summed E-state index contributed by atoms with van der Waals surface area (Å²) in [4.78, 5) is 17.9. The molecule has 0 bridgehead atoms. The van der Waals surface area contributed by atoms with E-state index in [1.807, 2.05) is 14.1 Å². The van der Waals surface area contributed by atoms with Gasteiger partial charge in [-0.3, -0.25) is 4.79 Å². The normalized spacial score (nSPS) is 10.2. The highest BCUT2D eigenvalue weighted by Gasteiger charge is 2.12. The number of hydrogen-bond acceptors (Lipinski definition) is 5. The first-order valence-corrected chi connectivity index (χ1v) is 5.76. The molecule has 18 heavy (non-hydrogen) atoms.